The molecular formula is C111H106N6O3S2. The maximum atomic E-state index is 6.45. The monoisotopic (exact) mass is 1630 g/mol. The quantitative estimate of drug-likeness (QED) is 0.0329. The van der Waals surface area contributed by atoms with Gasteiger partial charge < -0.3 is 24.2 Å². The first-order chi connectivity index (χ1) is 60.1. The number of hydrogen-bond donors (Lipinski definition) is 2. The van der Waals surface area contributed by atoms with E-state index in [1.54, 1.807) is 22.7 Å². The number of nitrogens with zero attached hydrogens (tertiary/aromatic N) is 4. The molecule has 6 aromatic heterocycles. The number of aryl methyl sites for hydroxylation is 3. The van der Waals surface area contributed by atoms with Gasteiger partial charge in [-0.1, -0.05) is 267 Å². The molecule has 0 saturated heterocycles. The van der Waals surface area contributed by atoms with Crippen LogP contribution in [0.5, 0.6) is 17.2 Å². The van der Waals surface area contributed by atoms with E-state index in [1.165, 1.54) is 113 Å². The first-order valence-electron chi connectivity index (χ1n) is 44.2. The van der Waals surface area contributed by atoms with Crippen LogP contribution in [0.25, 0.3) is 167 Å². The Hall–Kier alpha value is -12.5. The van der Waals surface area contributed by atoms with Crippen molar-refractivity contribution in [2.75, 3.05) is 19.8 Å². The molecule has 13 aromatic rings. The van der Waals surface area contributed by atoms with Crippen LogP contribution in [0.4, 0.5) is 0 Å². The Kier molecular flexibility index (Phi) is 26.1. The van der Waals surface area contributed by atoms with Crippen LogP contribution in [-0.2, 0) is 0 Å². The van der Waals surface area contributed by atoms with E-state index in [9.17, 15) is 0 Å². The second-order valence-corrected chi connectivity index (χ2v) is 34.8. The maximum Gasteiger partial charge on any atom is 0.119 e. The van der Waals surface area contributed by atoms with Crippen LogP contribution in [0, 0.1) is 32.6 Å². The molecule has 17 rings (SSSR count). The number of unbranched alkanes of at least 4 members (excludes halogenated alkanes) is 15. The summed E-state index contributed by atoms with van der Waals surface area (Å²) >= 11 is 3.48. The number of benzene rings is 7. The van der Waals surface area contributed by atoms with Crippen molar-refractivity contribution in [3.8, 4) is 107 Å². The van der Waals surface area contributed by atoms with Crippen LogP contribution in [0.1, 0.15) is 210 Å². The van der Waals surface area contributed by atoms with Gasteiger partial charge in [0.2, 0.25) is 0 Å². The highest BCUT2D eigenvalue weighted by Crippen LogP contribution is 2.45. The number of H-pyrrole nitrogens is 2. The molecule has 0 unspecified atom stereocenters. The first-order valence-corrected chi connectivity index (χ1v) is 45.9. The normalized spacial score (nSPS) is 12.0. The Morgan fingerprint density at radius 3 is 0.811 bits per heavy atom. The molecule has 2 N–H and O–H groups in total. The van der Waals surface area contributed by atoms with Gasteiger partial charge in [-0.25, -0.2) is 19.9 Å². The number of fused-ring (bicyclic) bond motifs is 16. The first kappa shape index (κ1) is 81.9. The average Bonchev–Trinajstić information content (AvgIpc) is 1.62. The zero-order chi connectivity index (χ0) is 83.1. The minimum atomic E-state index is 0.683. The van der Waals surface area contributed by atoms with Gasteiger partial charge in [0, 0.05) is 85.4 Å². The van der Waals surface area contributed by atoms with Gasteiger partial charge in [0.15, 0.2) is 0 Å². The lowest BCUT2D eigenvalue weighted by Gasteiger charge is -2.10. The third-order valence-electron chi connectivity index (χ3n) is 23.5. The van der Waals surface area contributed by atoms with E-state index in [4.69, 9.17) is 34.1 Å². The fourth-order valence-corrected chi connectivity index (χ4v) is 19.1. The molecule has 0 fully saturated rings. The highest BCUT2D eigenvalue weighted by molar-refractivity contribution is 7.24. The zero-order valence-corrected chi connectivity index (χ0v) is 72.7. The van der Waals surface area contributed by atoms with Gasteiger partial charge in [-0.05, 0) is 225 Å². The Morgan fingerprint density at radius 1 is 0.246 bits per heavy atom. The van der Waals surface area contributed by atoms with Crippen molar-refractivity contribution in [1.29, 1.82) is 0 Å². The highest BCUT2D eigenvalue weighted by Gasteiger charge is 2.23. The van der Waals surface area contributed by atoms with Crippen molar-refractivity contribution in [2.45, 2.75) is 157 Å². The van der Waals surface area contributed by atoms with E-state index in [1.807, 2.05) is 0 Å². The molecular weight excluding hydrogens is 1530 g/mol. The Bertz CT molecular complexity index is 6380. The molecule has 4 aliphatic heterocycles. The number of aromatic nitrogens is 6. The van der Waals surface area contributed by atoms with Gasteiger partial charge in [0.05, 0.1) is 70.9 Å². The summed E-state index contributed by atoms with van der Waals surface area (Å²) in [5.74, 6) is 10.1. The summed E-state index contributed by atoms with van der Waals surface area (Å²) in [6.45, 7) is 15.3. The summed E-state index contributed by atoms with van der Waals surface area (Å²) in [4.78, 5) is 30.6. The summed E-state index contributed by atoms with van der Waals surface area (Å²) < 4.78 is 23.5. The standard InChI is InChI=1S/C111H106N6O3S2/c1-7-10-13-16-19-22-71-118-85-48-42-80(43-49-85)107-93-59-60-94(114-93)108(81-44-50-86(51-45-81)119-72-23-20-17-14-11-8-2)97-63-66-100(117-97)111(84-46-52-87(53-47-84)120-73-24-21-18-15-12-9-3)104-70-69-103(122-104)110(99-65-62-96(107)116-99)83-40-31-77(32-41-83)33-54-88-89-55-56-90(112-89)105(78-34-25-74(4)26-35-78)91-57-58-92(113-91)106(79-36-27-75(5)28-37-79)95-61-64-98(115-95)109(102-68-67-101(88)121-102)82-38-29-76(6)30-39-82/h25-32,34-53,55-70,113-114H,7-24,71-73H2,1-6H3. The largest absolute Gasteiger partial charge is 0.494 e. The lowest BCUT2D eigenvalue weighted by molar-refractivity contribution is 0.304. The van der Waals surface area contributed by atoms with E-state index in [0.717, 1.165) is 212 Å². The fourth-order valence-electron chi connectivity index (χ4n) is 16.8. The van der Waals surface area contributed by atoms with Crippen LogP contribution in [0.15, 0.2) is 218 Å². The smallest absolute Gasteiger partial charge is 0.119 e. The minimum absolute atomic E-state index is 0.683. The lowest BCUT2D eigenvalue weighted by Crippen LogP contribution is -1.97. The number of aromatic amines is 2. The summed E-state index contributed by atoms with van der Waals surface area (Å²) in [6, 6.07) is 78.7. The number of ether oxygens (including phenoxy) is 3. The van der Waals surface area contributed by atoms with Crippen molar-refractivity contribution in [1.82, 2.24) is 29.9 Å². The van der Waals surface area contributed by atoms with Gasteiger partial charge in [-0.15, -0.1) is 22.7 Å². The molecule has 0 atom stereocenters. The number of hydrogen-bond acceptors (Lipinski definition) is 9. The van der Waals surface area contributed by atoms with Gasteiger partial charge in [0.25, 0.3) is 0 Å². The maximum absolute atomic E-state index is 6.45. The number of nitrogens with one attached hydrogen (secondary N) is 2. The second kappa shape index (κ2) is 38.9. The topological polar surface area (TPSA) is 111 Å². The SMILES string of the molecule is CCCCCCCCOc1ccc(-c2c3nc(c(-c4ccc(C#Cc5c6nc(c(-c7ccc(C)cc7)c7ccc([nH]7)c(-c7ccc(C)cc7)c7nc(c(-c8ccc(C)cc8)c8ccc5s8)C=C7)C=C6)cc4)c4ccc(s4)c(-c4ccc(OCCCCCCCC)cc4)c4nc(c(-c5ccc(OCCCCCCCC)cc5)c5ccc2[nH]5)C=C4)C=C3)cc1. The molecule has 0 amide bonds. The summed E-state index contributed by atoms with van der Waals surface area (Å²) in [7, 11) is 0. The molecule has 4 aliphatic rings. The predicted octanol–water partition coefficient (Wildman–Crippen LogP) is 31.3. The molecule has 10 heterocycles. The highest BCUT2D eigenvalue weighted by atomic mass is 32.1. The Morgan fingerprint density at radius 2 is 0.492 bits per heavy atom. The third kappa shape index (κ3) is 19.0. The van der Waals surface area contributed by atoms with Crippen molar-refractivity contribution in [2.24, 2.45) is 0 Å². The molecule has 9 nitrogen and oxygen atoms in total. The van der Waals surface area contributed by atoms with E-state index >= 15 is 0 Å². The van der Waals surface area contributed by atoms with Crippen LogP contribution < -0.4 is 14.2 Å². The molecule has 0 saturated carbocycles. The average molecular weight is 1640 g/mol. The number of thiophene rings is 2. The molecule has 122 heavy (non-hydrogen) atoms. The van der Waals surface area contributed by atoms with Crippen molar-refractivity contribution < 1.29 is 14.2 Å². The summed E-state index contributed by atoms with van der Waals surface area (Å²) in [6.07, 6.45) is 39.1. The van der Waals surface area contributed by atoms with Crippen LogP contribution in [-0.4, -0.2) is 49.7 Å². The van der Waals surface area contributed by atoms with Crippen molar-refractivity contribution >= 4 is 112 Å². The Labute approximate surface area is 726 Å². The fraction of sp³-hybridized carbons (Fsp3) is 0.243. The van der Waals surface area contributed by atoms with E-state index in [2.05, 4.69) is 330 Å². The Balaban J connectivity index is 0.822. The second-order valence-electron chi connectivity index (χ2n) is 32.6. The summed E-state index contributed by atoms with van der Waals surface area (Å²) in [5.41, 5.74) is 30.2. The molecule has 7 aromatic carbocycles. The molecule has 16 bridgehead atoms. The summed E-state index contributed by atoms with van der Waals surface area (Å²) in [5, 5.41) is 0. The zero-order valence-electron chi connectivity index (χ0n) is 71.1. The third-order valence-corrected chi connectivity index (χ3v) is 25.8. The molecule has 0 aliphatic carbocycles. The van der Waals surface area contributed by atoms with Crippen LogP contribution in [0.2, 0.25) is 0 Å². The lowest BCUT2D eigenvalue weighted by atomic mass is 10.0. The van der Waals surface area contributed by atoms with E-state index in [-0.39, 0.29) is 0 Å². The van der Waals surface area contributed by atoms with Gasteiger partial charge in [0.1, 0.15) is 17.2 Å². The van der Waals surface area contributed by atoms with Crippen LogP contribution >= 0.6 is 22.7 Å². The minimum Gasteiger partial charge on any atom is -0.494 e. The molecule has 11 heteroatoms. The molecule has 0 spiro atoms. The van der Waals surface area contributed by atoms with Gasteiger partial charge in [-0.2, -0.15) is 0 Å². The van der Waals surface area contributed by atoms with Gasteiger partial charge >= 0.3 is 0 Å². The van der Waals surface area contributed by atoms with E-state index in [0.29, 0.717) is 19.8 Å². The predicted molar refractivity (Wildman–Crippen MR) is 520 cm³/mol. The van der Waals surface area contributed by atoms with Crippen molar-refractivity contribution in [3.05, 3.63) is 292 Å². The van der Waals surface area contributed by atoms with Crippen LogP contribution in [0.3, 0.4) is 0 Å². The number of rotatable bonds is 31. The molecule has 0 radical (unpaired) electrons. The van der Waals surface area contributed by atoms with E-state index < -0.39 is 0 Å². The van der Waals surface area contributed by atoms with Crippen molar-refractivity contribution in [3.63, 3.8) is 0 Å². The molecule has 610 valence electrons. The van der Waals surface area contributed by atoms with Gasteiger partial charge in [-0.3, -0.25) is 0 Å².